The van der Waals surface area contributed by atoms with Gasteiger partial charge in [-0.15, -0.1) is 45.3 Å². The first-order chi connectivity index (χ1) is 33.9. The van der Waals surface area contributed by atoms with Gasteiger partial charge in [0.15, 0.2) is 0 Å². The first kappa shape index (κ1) is 56.1. The van der Waals surface area contributed by atoms with E-state index in [1.807, 2.05) is 55.4 Å². The largest absolute Gasteiger partial charge is 0.444 e. The van der Waals surface area contributed by atoms with E-state index >= 15 is 0 Å². The fourth-order valence-electron chi connectivity index (χ4n) is 7.62. The lowest BCUT2D eigenvalue weighted by molar-refractivity contribution is -0.116. The molecule has 6 aromatic rings. The molecule has 4 amide bonds. The van der Waals surface area contributed by atoms with Gasteiger partial charge in [0.25, 0.3) is 0 Å². The number of carbonyl (C=O) groups excluding carboxylic acids is 4. The summed E-state index contributed by atoms with van der Waals surface area (Å²) in [6.45, 7) is 29.9. The van der Waals surface area contributed by atoms with Crippen molar-refractivity contribution in [2.45, 2.75) is 152 Å². The van der Waals surface area contributed by atoms with Gasteiger partial charge in [0, 0.05) is 59.0 Å². The van der Waals surface area contributed by atoms with Gasteiger partial charge < -0.3 is 41.0 Å². The predicted molar refractivity (Wildman–Crippen MR) is 300 cm³/mol. The molecule has 72 heavy (non-hydrogen) atoms. The zero-order valence-corrected chi connectivity index (χ0v) is 47.2. The fourth-order valence-corrected chi connectivity index (χ4v) is 12.3. The first-order valence-corrected chi connectivity index (χ1v) is 27.9. The van der Waals surface area contributed by atoms with Crippen molar-refractivity contribution >= 4 is 99.8 Å². The van der Waals surface area contributed by atoms with Crippen LogP contribution in [-0.4, -0.2) is 86.7 Å². The van der Waals surface area contributed by atoms with Crippen LogP contribution in [0.5, 0.6) is 0 Å². The predicted octanol–water partition coefficient (Wildman–Crippen LogP) is 12.8. The average molecular weight is 1060 g/mol. The van der Waals surface area contributed by atoms with Crippen LogP contribution in [0.2, 0.25) is 0 Å². The second kappa shape index (κ2) is 24.2. The van der Waals surface area contributed by atoms with Gasteiger partial charge in [-0.05, 0) is 148 Å². The highest BCUT2D eigenvalue weighted by Gasteiger charge is 2.33. The number of nitrogens with zero attached hydrogens (tertiary/aromatic N) is 4. The number of ether oxygens (including phenoxy) is 2. The van der Waals surface area contributed by atoms with Crippen LogP contribution in [0.25, 0.3) is 41.6 Å². The minimum Gasteiger partial charge on any atom is -0.444 e. The Labute approximate surface area is 440 Å². The molecule has 2 aromatic carbocycles. The number of nitrogens with two attached hydrogens (primary N) is 1. The molecule has 0 aliphatic carbocycles. The van der Waals surface area contributed by atoms with E-state index in [0.29, 0.717) is 64.1 Å². The van der Waals surface area contributed by atoms with Gasteiger partial charge in [-0.2, -0.15) is 0 Å². The van der Waals surface area contributed by atoms with Crippen LogP contribution in [-0.2, 0) is 45.0 Å². The highest BCUT2D eigenvalue weighted by atomic mass is 32.1. The Kier molecular flexibility index (Phi) is 18.8. The molecule has 0 unspecified atom stereocenters. The molecule has 14 nitrogen and oxygen atoms in total. The maximum Gasteiger partial charge on any atom is 0.410 e. The van der Waals surface area contributed by atoms with Crippen molar-refractivity contribution in [3.63, 3.8) is 0 Å². The van der Waals surface area contributed by atoms with Crippen LogP contribution in [0.3, 0.4) is 0 Å². The van der Waals surface area contributed by atoms with Crippen molar-refractivity contribution in [1.82, 2.24) is 25.1 Å². The number of rotatable bonds is 11. The Morgan fingerprint density at radius 2 is 1.18 bits per heavy atom. The number of aryl methyl sites for hydroxylation is 2. The second-order valence-electron chi connectivity index (χ2n) is 20.3. The SMILES string of the molecule is C=CC(=O)Nc1sc2c(c1-c1nc3cc(C)ccc3s1)CCN(C(=O)OC(C)(C)C)C2.CC[C@H](C)N.CC[C@H](C)NCCC(=O)Nc1sc2c(c1-c1nc3cc(C)ccc3s1)CCN(C(=O)OC(C)(C)C)C2. The van der Waals surface area contributed by atoms with Crippen molar-refractivity contribution in [3.8, 4) is 21.1 Å². The molecule has 8 rings (SSSR count). The molecule has 388 valence electrons. The average Bonchev–Trinajstić information content (AvgIpc) is 4.09. The zero-order chi connectivity index (χ0) is 52.7. The topological polar surface area (TPSA) is 181 Å². The zero-order valence-electron chi connectivity index (χ0n) is 43.9. The summed E-state index contributed by atoms with van der Waals surface area (Å²) in [5, 5.41) is 12.8. The van der Waals surface area contributed by atoms with E-state index in [-0.39, 0.29) is 24.0 Å². The molecule has 0 spiro atoms. The molecule has 0 fully saturated rings. The van der Waals surface area contributed by atoms with Gasteiger partial charge in [0.1, 0.15) is 31.2 Å². The van der Waals surface area contributed by atoms with E-state index in [2.05, 4.69) is 86.6 Å². The third-order valence-electron chi connectivity index (χ3n) is 11.7. The molecule has 4 aromatic heterocycles. The number of carbonyl (C=O) groups is 4. The van der Waals surface area contributed by atoms with Gasteiger partial charge in [-0.25, -0.2) is 19.6 Å². The van der Waals surface area contributed by atoms with Gasteiger partial charge >= 0.3 is 12.2 Å². The summed E-state index contributed by atoms with van der Waals surface area (Å²) in [7, 11) is 0. The normalized spacial score (nSPS) is 14.2. The molecular formula is C54H72N8O6S4. The summed E-state index contributed by atoms with van der Waals surface area (Å²) in [6, 6.07) is 13.3. The minimum atomic E-state index is -0.542. The Balaban J connectivity index is 0.000000217. The van der Waals surface area contributed by atoms with Crippen LogP contribution in [0.1, 0.15) is 121 Å². The van der Waals surface area contributed by atoms with E-state index in [0.717, 1.165) is 85.3 Å². The van der Waals surface area contributed by atoms with Crippen LogP contribution < -0.4 is 21.7 Å². The standard InChI is InChI=1S/C27H36N4O3S2.C23H25N3O3S2.C4H11N/c1-7-17(3)28-12-10-22(32)30-25-23(24-29-19-14-16(2)8-9-20(19)35-24)18-11-13-31(15-21(18)36-25)26(33)34-27(4,5)6;1-6-18(27)25-21-19(20-24-15-11-13(2)7-8-16(15)30-20)14-9-10-26(12-17(14)31-21)22(28)29-23(3,4)5;1-3-4(2)5/h8-9,14,17,28H,7,10-13,15H2,1-6H3,(H,30,32);6-8,11H,1,9-10,12H2,2-5H3,(H,25,27);4H,3,5H2,1-2H3/t17-;;4-/m0.0/s1. The smallest absolute Gasteiger partial charge is 0.410 e. The lowest BCUT2D eigenvalue weighted by atomic mass is 10.0. The maximum absolute atomic E-state index is 12.9. The monoisotopic (exact) mass is 1060 g/mol. The number of aromatic nitrogens is 2. The van der Waals surface area contributed by atoms with E-state index < -0.39 is 11.2 Å². The second-order valence-corrected chi connectivity index (χ2v) is 24.6. The Morgan fingerprint density at radius 1 is 0.736 bits per heavy atom. The number of hydrogen-bond acceptors (Lipinski definition) is 14. The summed E-state index contributed by atoms with van der Waals surface area (Å²) in [6.07, 6.45) is 4.52. The third kappa shape index (κ3) is 14.9. The molecule has 2 aliphatic rings. The van der Waals surface area contributed by atoms with E-state index in [4.69, 9.17) is 25.2 Å². The Hall–Kier alpha value is -5.24. The summed E-state index contributed by atoms with van der Waals surface area (Å²) < 4.78 is 13.4. The highest BCUT2D eigenvalue weighted by molar-refractivity contribution is 7.23. The third-order valence-corrected chi connectivity index (χ3v) is 16.1. The molecule has 6 heterocycles. The summed E-state index contributed by atoms with van der Waals surface area (Å²) in [4.78, 5) is 65.7. The highest BCUT2D eigenvalue weighted by Crippen LogP contribution is 2.47. The molecule has 0 saturated heterocycles. The molecule has 0 bridgehead atoms. The molecule has 0 radical (unpaired) electrons. The maximum atomic E-state index is 12.9. The van der Waals surface area contributed by atoms with Crippen molar-refractivity contribution in [2.24, 2.45) is 5.73 Å². The molecule has 2 atom stereocenters. The number of thiazole rings is 2. The Bertz CT molecular complexity index is 2900. The van der Waals surface area contributed by atoms with Crippen LogP contribution in [0, 0.1) is 13.8 Å². The number of anilines is 2. The Morgan fingerprint density at radius 3 is 1.58 bits per heavy atom. The number of fused-ring (bicyclic) bond motifs is 4. The van der Waals surface area contributed by atoms with Gasteiger partial charge in [0.05, 0.1) is 33.5 Å². The van der Waals surface area contributed by atoms with Crippen molar-refractivity contribution in [3.05, 3.63) is 81.1 Å². The molecule has 0 saturated carbocycles. The number of hydrogen-bond donors (Lipinski definition) is 4. The first-order valence-electron chi connectivity index (χ1n) is 24.7. The van der Waals surface area contributed by atoms with E-state index in [1.165, 1.54) is 28.5 Å². The fraction of sp³-hybridized carbons (Fsp3) is 0.481. The quantitative estimate of drug-likeness (QED) is 0.0912. The van der Waals surface area contributed by atoms with Gasteiger partial charge in [-0.3, -0.25) is 9.59 Å². The van der Waals surface area contributed by atoms with Crippen molar-refractivity contribution < 1.29 is 28.7 Å². The minimum absolute atomic E-state index is 0.0217. The van der Waals surface area contributed by atoms with Crippen LogP contribution in [0.4, 0.5) is 19.6 Å². The van der Waals surface area contributed by atoms with Crippen LogP contribution in [0.15, 0.2) is 49.1 Å². The summed E-state index contributed by atoms with van der Waals surface area (Å²) in [5.74, 6) is -0.285. The van der Waals surface area contributed by atoms with Crippen molar-refractivity contribution in [2.75, 3.05) is 30.3 Å². The van der Waals surface area contributed by atoms with Crippen LogP contribution >= 0.6 is 45.3 Å². The number of benzene rings is 2. The molecule has 18 heteroatoms. The van der Waals surface area contributed by atoms with Gasteiger partial charge in [-0.1, -0.05) is 32.6 Å². The lowest BCUT2D eigenvalue weighted by Gasteiger charge is -2.30. The number of amides is 4. The molecule has 5 N–H and O–H groups in total. The lowest BCUT2D eigenvalue weighted by Crippen LogP contribution is -2.39. The van der Waals surface area contributed by atoms with E-state index in [9.17, 15) is 19.2 Å². The summed E-state index contributed by atoms with van der Waals surface area (Å²) >= 11 is 6.29. The number of nitrogens with one attached hydrogen (secondary N) is 3. The molecular weight excluding hydrogens is 985 g/mol. The number of thiophene rings is 2. The van der Waals surface area contributed by atoms with E-state index in [1.54, 1.807) is 43.8 Å². The van der Waals surface area contributed by atoms with Gasteiger partial charge in [0.2, 0.25) is 11.8 Å². The summed E-state index contributed by atoms with van der Waals surface area (Å²) in [5.41, 5.74) is 12.7. The van der Waals surface area contributed by atoms with Crippen molar-refractivity contribution in [1.29, 1.82) is 0 Å². The molecule has 2 aliphatic heterocycles.